The van der Waals surface area contributed by atoms with E-state index in [2.05, 4.69) is 38.8 Å². The van der Waals surface area contributed by atoms with Gasteiger partial charge in [-0.3, -0.25) is 4.79 Å². The van der Waals surface area contributed by atoms with Gasteiger partial charge in [0.1, 0.15) is 0 Å². The minimum absolute atomic E-state index is 0.240. The molecule has 1 aromatic heterocycles. The van der Waals surface area contributed by atoms with E-state index in [1.54, 1.807) is 0 Å². The molecule has 1 heterocycles. The Morgan fingerprint density at radius 2 is 2.21 bits per heavy atom. The Hall–Kier alpha value is -1.53. The van der Waals surface area contributed by atoms with Crippen molar-refractivity contribution >= 4 is 32.6 Å². The monoisotopic (exact) mass is 315 g/mol. The second-order valence-corrected chi connectivity index (χ2v) is 5.55. The maximum atomic E-state index is 11.9. The molecule has 0 unspecified atom stereocenters. The summed E-state index contributed by atoms with van der Waals surface area (Å²) in [6.45, 7) is 0. The van der Waals surface area contributed by atoms with Gasteiger partial charge in [0.25, 0.3) is 0 Å². The maximum Gasteiger partial charge on any atom is 0.179 e. The van der Waals surface area contributed by atoms with E-state index in [1.807, 2.05) is 12.1 Å². The minimum Gasteiger partial charge on any atom is -0.352 e. The molecule has 0 aliphatic heterocycles. The predicted molar refractivity (Wildman–Crippen MR) is 80.9 cm³/mol. The van der Waals surface area contributed by atoms with Gasteiger partial charge >= 0.3 is 0 Å². The number of H-pyrrole nitrogens is 1. The summed E-state index contributed by atoms with van der Waals surface area (Å²) >= 11 is 3.37. The number of aryl methyl sites for hydroxylation is 1. The molecular weight excluding hydrogens is 302 g/mol. The lowest BCUT2D eigenvalue weighted by atomic mass is 9.94. The van der Waals surface area contributed by atoms with Gasteiger partial charge in [-0.05, 0) is 36.6 Å². The number of nitrogens with one attached hydrogen (secondary N) is 1. The standard InChI is InChI=1S/C16H14BrNO/c17-9-2-1-4-11-7-8-14-13(10-11)12-5-3-6-15(19)16(12)18-14/h7-8,10,18H,2-3,5-6,9H2. The number of hydrogen-bond donors (Lipinski definition) is 1. The number of ketones is 1. The number of benzene rings is 1. The fraction of sp³-hybridized carbons (Fsp3) is 0.312. The SMILES string of the molecule is O=C1CCCc2c1[nH]c1ccc(C#CCCBr)cc21. The van der Waals surface area contributed by atoms with E-state index in [-0.39, 0.29) is 5.78 Å². The molecule has 0 radical (unpaired) electrons. The highest BCUT2D eigenvalue weighted by molar-refractivity contribution is 9.09. The molecule has 0 spiro atoms. The van der Waals surface area contributed by atoms with Crippen molar-refractivity contribution in [2.45, 2.75) is 25.7 Å². The van der Waals surface area contributed by atoms with E-state index >= 15 is 0 Å². The minimum atomic E-state index is 0.240. The average molecular weight is 316 g/mol. The molecule has 96 valence electrons. The fourth-order valence-corrected chi connectivity index (χ4v) is 2.78. The lowest BCUT2D eigenvalue weighted by molar-refractivity contribution is 0.0968. The molecule has 1 aromatic carbocycles. The Balaban J connectivity index is 2.08. The van der Waals surface area contributed by atoms with Crippen LogP contribution in [-0.2, 0) is 6.42 Å². The first-order chi connectivity index (χ1) is 9.29. The summed E-state index contributed by atoms with van der Waals surface area (Å²) in [4.78, 5) is 15.1. The van der Waals surface area contributed by atoms with Gasteiger partial charge in [0.15, 0.2) is 5.78 Å². The number of fused-ring (bicyclic) bond motifs is 3. The molecule has 3 heteroatoms. The van der Waals surface area contributed by atoms with E-state index < -0.39 is 0 Å². The van der Waals surface area contributed by atoms with Crippen LogP contribution in [0.2, 0.25) is 0 Å². The van der Waals surface area contributed by atoms with Crippen molar-refractivity contribution in [1.82, 2.24) is 4.98 Å². The van der Waals surface area contributed by atoms with Crippen molar-refractivity contribution < 1.29 is 4.79 Å². The molecule has 1 N–H and O–H groups in total. The van der Waals surface area contributed by atoms with Crippen LogP contribution in [-0.4, -0.2) is 16.1 Å². The number of carbonyl (C=O) groups excluding carboxylic acids is 1. The van der Waals surface area contributed by atoms with Gasteiger partial charge in [0.05, 0.1) is 5.69 Å². The first kappa shape index (κ1) is 12.5. The topological polar surface area (TPSA) is 32.9 Å². The van der Waals surface area contributed by atoms with E-state index in [0.717, 1.165) is 46.8 Å². The largest absolute Gasteiger partial charge is 0.352 e. The zero-order valence-electron chi connectivity index (χ0n) is 10.6. The zero-order valence-corrected chi connectivity index (χ0v) is 12.1. The fourth-order valence-electron chi connectivity index (χ4n) is 2.59. The van der Waals surface area contributed by atoms with Gasteiger partial charge < -0.3 is 4.98 Å². The van der Waals surface area contributed by atoms with Crippen LogP contribution in [0.1, 0.15) is 40.9 Å². The maximum absolute atomic E-state index is 11.9. The summed E-state index contributed by atoms with van der Waals surface area (Å²) < 4.78 is 0. The van der Waals surface area contributed by atoms with Crippen LogP contribution in [0.15, 0.2) is 18.2 Å². The van der Waals surface area contributed by atoms with Crippen LogP contribution in [0.25, 0.3) is 10.9 Å². The van der Waals surface area contributed by atoms with E-state index in [4.69, 9.17) is 0 Å². The quantitative estimate of drug-likeness (QED) is 0.629. The predicted octanol–water partition coefficient (Wildman–Crippen LogP) is 3.82. The number of Topliss-reactive ketones (excluding diaryl/α,β-unsaturated/α-hetero) is 1. The Morgan fingerprint density at radius 1 is 1.32 bits per heavy atom. The van der Waals surface area contributed by atoms with Gasteiger partial charge in [0.2, 0.25) is 0 Å². The molecule has 0 amide bonds. The molecule has 1 aliphatic rings. The molecule has 0 atom stereocenters. The Morgan fingerprint density at radius 3 is 3.05 bits per heavy atom. The zero-order chi connectivity index (χ0) is 13.2. The second kappa shape index (κ2) is 5.22. The summed E-state index contributed by atoms with van der Waals surface area (Å²) in [5.74, 6) is 6.53. The van der Waals surface area contributed by atoms with Gasteiger partial charge in [-0.1, -0.05) is 27.8 Å². The highest BCUT2D eigenvalue weighted by atomic mass is 79.9. The number of alkyl halides is 1. The molecule has 0 saturated carbocycles. The smallest absolute Gasteiger partial charge is 0.179 e. The van der Waals surface area contributed by atoms with Crippen molar-refractivity contribution in [2.24, 2.45) is 0 Å². The van der Waals surface area contributed by atoms with Gasteiger partial charge in [0, 0.05) is 34.6 Å². The van der Waals surface area contributed by atoms with Crippen LogP contribution in [0.5, 0.6) is 0 Å². The van der Waals surface area contributed by atoms with E-state index in [1.165, 1.54) is 5.56 Å². The van der Waals surface area contributed by atoms with Crippen LogP contribution < -0.4 is 0 Å². The van der Waals surface area contributed by atoms with Gasteiger partial charge in [-0.15, -0.1) is 0 Å². The van der Waals surface area contributed by atoms with Crippen LogP contribution in [0.3, 0.4) is 0 Å². The Kier molecular flexibility index (Phi) is 3.44. The van der Waals surface area contributed by atoms with Crippen molar-refractivity contribution in [3.8, 4) is 11.8 Å². The molecule has 2 nitrogen and oxygen atoms in total. The number of aromatic nitrogens is 1. The van der Waals surface area contributed by atoms with Crippen molar-refractivity contribution in [3.05, 3.63) is 35.0 Å². The lowest BCUT2D eigenvalue weighted by Crippen LogP contribution is -2.09. The van der Waals surface area contributed by atoms with Crippen molar-refractivity contribution in [3.63, 3.8) is 0 Å². The summed E-state index contributed by atoms with van der Waals surface area (Å²) in [5.41, 5.74) is 4.06. The third kappa shape index (κ3) is 2.33. The summed E-state index contributed by atoms with van der Waals surface area (Å²) in [6, 6.07) is 6.14. The number of rotatable bonds is 1. The number of aromatic amines is 1. The molecule has 0 saturated heterocycles. The third-order valence-corrected chi connectivity index (χ3v) is 3.86. The van der Waals surface area contributed by atoms with Crippen molar-refractivity contribution in [2.75, 3.05) is 5.33 Å². The molecule has 0 bridgehead atoms. The molecule has 0 fully saturated rings. The van der Waals surface area contributed by atoms with Crippen molar-refractivity contribution in [1.29, 1.82) is 0 Å². The average Bonchev–Trinajstić information content (AvgIpc) is 2.79. The Labute approximate surface area is 120 Å². The molecular formula is C16H14BrNO. The molecule has 3 rings (SSSR count). The van der Waals surface area contributed by atoms with Crippen LogP contribution in [0.4, 0.5) is 0 Å². The van der Waals surface area contributed by atoms with Gasteiger partial charge in [-0.2, -0.15) is 0 Å². The summed E-state index contributed by atoms with van der Waals surface area (Å²) in [7, 11) is 0. The van der Waals surface area contributed by atoms with E-state index in [9.17, 15) is 4.79 Å². The van der Waals surface area contributed by atoms with Crippen LogP contribution in [0, 0.1) is 11.8 Å². The second-order valence-electron chi connectivity index (χ2n) is 4.76. The number of hydrogen-bond acceptors (Lipinski definition) is 1. The molecule has 19 heavy (non-hydrogen) atoms. The molecule has 1 aliphatic carbocycles. The van der Waals surface area contributed by atoms with Crippen LogP contribution >= 0.6 is 15.9 Å². The van der Waals surface area contributed by atoms with E-state index in [0.29, 0.717) is 6.42 Å². The summed E-state index contributed by atoms with van der Waals surface area (Å²) in [6.07, 6.45) is 3.46. The Bertz CT molecular complexity index is 703. The number of carbonyl (C=O) groups is 1. The normalized spacial score (nSPS) is 14.1. The van der Waals surface area contributed by atoms with Gasteiger partial charge in [-0.25, -0.2) is 0 Å². The first-order valence-corrected chi connectivity index (χ1v) is 7.64. The highest BCUT2D eigenvalue weighted by Crippen LogP contribution is 2.29. The number of halogens is 1. The highest BCUT2D eigenvalue weighted by Gasteiger charge is 2.21. The third-order valence-electron chi connectivity index (χ3n) is 3.47. The summed E-state index contributed by atoms with van der Waals surface area (Å²) in [5, 5.41) is 2.06. The first-order valence-electron chi connectivity index (χ1n) is 6.52. The molecule has 2 aromatic rings. The lowest BCUT2D eigenvalue weighted by Gasteiger charge is -2.09.